The molecule has 2 fully saturated rings. The van der Waals surface area contributed by atoms with E-state index in [2.05, 4.69) is 5.32 Å². The van der Waals surface area contributed by atoms with Crippen LogP contribution in [0.4, 0.5) is 0 Å². The predicted molar refractivity (Wildman–Crippen MR) is 60.7 cm³/mol. The maximum absolute atomic E-state index is 11.3. The van der Waals surface area contributed by atoms with E-state index in [0.29, 0.717) is 0 Å². The Kier molecular flexibility index (Phi) is 3.29. The van der Waals surface area contributed by atoms with Crippen LogP contribution in [0.2, 0.25) is 0 Å². The van der Waals surface area contributed by atoms with E-state index in [0.717, 1.165) is 13.0 Å². The molecular weight excluding hydrogens is 218 g/mol. The summed E-state index contributed by atoms with van der Waals surface area (Å²) in [5, 5.41) is 3.25. The molecular formula is C9H15NO2S2. The maximum Gasteiger partial charge on any atom is 0.322 e. The van der Waals surface area contributed by atoms with Crippen LogP contribution in [0, 0.1) is 0 Å². The van der Waals surface area contributed by atoms with E-state index in [1.807, 2.05) is 23.5 Å². The highest BCUT2D eigenvalue weighted by atomic mass is 32.2. The van der Waals surface area contributed by atoms with Gasteiger partial charge in [0.2, 0.25) is 0 Å². The van der Waals surface area contributed by atoms with E-state index < -0.39 is 0 Å². The first-order valence-corrected chi connectivity index (χ1v) is 6.82. The van der Waals surface area contributed by atoms with Crippen molar-refractivity contribution in [2.24, 2.45) is 0 Å². The lowest BCUT2D eigenvalue weighted by Crippen LogP contribution is -2.31. The van der Waals surface area contributed by atoms with Gasteiger partial charge in [0.1, 0.15) is 6.04 Å². The second-order valence-electron chi connectivity index (χ2n) is 3.62. The van der Waals surface area contributed by atoms with Crippen molar-refractivity contribution in [2.75, 3.05) is 25.2 Å². The van der Waals surface area contributed by atoms with Gasteiger partial charge in [-0.2, -0.15) is 0 Å². The molecule has 1 atom stereocenters. The van der Waals surface area contributed by atoms with Crippen LogP contribution in [0.15, 0.2) is 0 Å². The molecule has 2 heterocycles. The van der Waals surface area contributed by atoms with Gasteiger partial charge in [0.25, 0.3) is 0 Å². The number of esters is 1. The fourth-order valence-electron chi connectivity index (χ4n) is 1.88. The first-order valence-electron chi connectivity index (χ1n) is 4.85. The quantitative estimate of drug-likeness (QED) is 0.686. The highest BCUT2D eigenvalue weighted by molar-refractivity contribution is 8.18. The summed E-state index contributed by atoms with van der Waals surface area (Å²) in [5.41, 5.74) is 0. The van der Waals surface area contributed by atoms with Gasteiger partial charge in [-0.3, -0.25) is 4.79 Å². The minimum absolute atomic E-state index is 0.0851. The Balaban J connectivity index is 1.95. The first-order chi connectivity index (χ1) is 6.76. The molecule has 14 heavy (non-hydrogen) atoms. The molecule has 1 N–H and O–H groups in total. The van der Waals surface area contributed by atoms with Crippen molar-refractivity contribution in [3.8, 4) is 0 Å². The van der Waals surface area contributed by atoms with Crippen molar-refractivity contribution < 1.29 is 9.53 Å². The molecule has 0 aromatic rings. The molecule has 2 saturated heterocycles. The molecule has 0 aromatic heterocycles. The van der Waals surface area contributed by atoms with E-state index in [9.17, 15) is 4.79 Å². The number of ether oxygens (including phenoxy) is 1. The third-order valence-corrected chi connectivity index (χ3v) is 6.00. The van der Waals surface area contributed by atoms with Crippen LogP contribution in [0.3, 0.4) is 0 Å². The van der Waals surface area contributed by atoms with Crippen molar-refractivity contribution in [3.63, 3.8) is 0 Å². The molecule has 0 saturated carbocycles. The lowest BCUT2D eigenvalue weighted by atomic mass is 10.2. The summed E-state index contributed by atoms with van der Waals surface area (Å²) in [4.78, 5) is 11.3. The summed E-state index contributed by atoms with van der Waals surface area (Å²) in [7, 11) is 1.45. The third kappa shape index (κ3) is 2.04. The average molecular weight is 233 g/mol. The molecule has 1 spiro atoms. The van der Waals surface area contributed by atoms with Gasteiger partial charge in [-0.05, 0) is 24.3 Å². The average Bonchev–Trinajstić information content (AvgIpc) is 2.62. The molecule has 0 amide bonds. The van der Waals surface area contributed by atoms with Crippen LogP contribution >= 0.6 is 23.5 Å². The van der Waals surface area contributed by atoms with Gasteiger partial charge in [-0.1, -0.05) is 0 Å². The van der Waals surface area contributed by atoms with Gasteiger partial charge in [0.05, 0.1) is 11.2 Å². The number of thioether (sulfide) groups is 2. The largest absolute Gasteiger partial charge is 0.468 e. The van der Waals surface area contributed by atoms with Gasteiger partial charge in [0.15, 0.2) is 0 Å². The topological polar surface area (TPSA) is 38.3 Å². The van der Waals surface area contributed by atoms with Gasteiger partial charge >= 0.3 is 5.97 Å². The number of rotatable bonds is 1. The summed E-state index contributed by atoms with van der Waals surface area (Å²) in [6, 6.07) is -0.0851. The zero-order valence-electron chi connectivity index (χ0n) is 8.25. The standard InChI is InChI=1S/C9H15NO2S2/c1-12-8(11)7-5-9(6-10-7)13-3-2-4-14-9/h7,10H,2-6H2,1H3/t7-/m0/s1. The van der Waals surface area contributed by atoms with Gasteiger partial charge < -0.3 is 10.1 Å². The fourth-order valence-corrected chi connectivity index (χ4v) is 5.16. The SMILES string of the molecule is COC(=O)[C@@H]1CC2(CN1)SCCCS2. The third-order valence-electron chi connectivity index (χ3n) is 2.64. The normalized spacial score (nSPS) is 30.5. The molecule has 80 valence electrons. The van der Waals surface area contributed by atoms with Crippen LogP contribution in [0.1, 0.15) is 12.8 Å². The Hall–Kier alpha value is 0.130. The zero-order chi connectivity index (χ0) is 10.0. The minimum Gasteiger partial charge on any atom is -0.468 e. The first kappa shape index (κ1) is 10.6. The predicted octanol–water partition coefficient (Wildman–Crippen LogP) is 1.09. The monoisotopic (exact) mass is 233 g/mol. The van der Waals surface area contributed by atoms with Crippen molar-refractivity contribution >= 4 is 29.5 Å². The fraction of sp³-hybridized carbons (Fsp3) is 0.889. The van der Waals surface area contributed by atoms with Crippen LogP contribution in [-0.4, -0.2) is 41.3 Å². The van der Waals surface area contributed by atoms with Crippen LogP contribution in [0.5, 0.6) is 0 Å². The molecule has 0 aliphatic carbocycles. The molecule has 0 unspecified atom stereocenters. The number of hydrogen-bond acceptors (Lipinski definition) is 5. The molecule has 3 nitrogen and oxygen atoms in total. The molecule has 2 aliphatic heterocycles. The summed E-state index contributed by atoms with van der Waals surface area (Å²) in [6.45, 7) is 0.933. The van der Waals surface area contributed by atoms with Crippen LogP contribution < -0.4 is 5.32 Å². The molecule has 5 heteroatoms. The number of carbonyl (C=O) groups is 1. The molecule has 0 radical (unpaired) electrons. The van der Waals surface area contributed by atoms with E-state index in [4.69, 9.17) is 4.74 Å². The van der Waals surface area contributed by atoms with Gasteiger partial charge in [0, 0.05) is 6.54 Å². The lowest BCUT2D eigenvalue weighted by Gasteiger charge is -2.31. The highest BCUT2D eigenvalue weighted by Gasteiger charge is 2.44. The number of hydrogen-bond donors (Lipinski definition) is 1. The minimum atomic E-state index is -0.117. The van der Waals surface area contributed by atoms with Gasteiger partial charge in [-0.15, -0.1) is 23.5 Å². The molecule has 0 bridgehead atoms. The molecule has 2 rings (SSSR count). The Morgan fingerprint density at radius 1 is 1.50 bits per heavy atom. The Bertz CT molecular complexity index is 229. The summed E-state index contributed by atoms with van der Waals surface area (Å²) in [6.07, 6.45) is 2.20. The van der Waals surface area contributed by atoms with Crippen molar-refractivity contribution in [3.05, 3.63) is 0 Å². The maximum atomic E-state index is 11.3. The number of carbonyl (C=O) groups excluding carboxylic acids is 1. The highest BCUT2D eigenvalue weighted by Crippen LogP contribution is 2.47. The molecule has 2 aliphatic rings. The van der Waals surface area contributed by atoms with E-state index in [1.165, 1.54) is 25.0 Å². The Morgan fingerprint density at radius 2 is 2.21 bits per heavy atom. The van der Waals surface area contributed by atoms with Crippen molar-refractivity contribution in [2.45, 2.75) is 23.0 Å². The number of methoxy groups -OCH3 is 1. The summed E-state index contributed by atoms with van der Waals surface area (Å²) < 4.78 is 5.00. The van der Waals surface area contributed by atoms with E-state index in [-0.39, 0.29) is 16.1 Å². The van der Waals surface area contributed by atoms with E-state index >= 15 is 0 Å². The zero-order valence-corrected chi connectivity index (χ0v) is 9.88. The lowest BCUT2D eigenvalue weighted by molar-refractivity contribution is -0.142. The smallest absolute Gasteiger partial charge is 0.322 e. The summed E-state index contributed by atoms with van der Waals surface area (Å²) >= 11 is 3.99. The summed E-state index contributed by atoms with van der Waals surface area (Å²) in [5.74, 6) is 2.33. The second-order valence-corrected chi connectivity index (χ2v) is 6.84. The molecule has 0 aromatic carbocycles. The Morgan fingerprint density at radius 3 is 2.86 bits per heavy atom. The van der Waals surface area contributed by atoms with Crippen molar-refractivity contribution in [1.82, 2.24) is 5.32 Å². The Labute approximate surface area is 92.7 Å². The van der Waals surface area contributed by atoms with Crippen molar-refractivity contribution in [1.29, 1.82) is 0 Å². The van der Waals surface area contributed by atoms with Gasteiger partial charge in [-0.25, -0.2) is 0 Å². The van der Waals surface area contributed by atoms with Crippen LogP contribution in [-0.2, 0) is 9.53 Å². The van der Waals surface area contributed by atoms with E-state index in [1.54, 1.807) is 0 Å². The number of nitrogens with one attached hydrogen (secondary N) is 1. The van der Waals surface area contributed by atoms with Crippen LogP contribution in [0.25, 0.3) is 0 Å². The second kappa shape index (κ2) is 4.33.